The number of aromatic nitrogens is 1. The van der Waals surface area contributed by atoms with Gasteiger partial charge >= 0.3 is 6.18 Å². The minimum absolute atomic E-state index is 0.0110. The summed E-state index contributed by atoms with van der Waals surface area (Å²) in [4.78, 5) is 4.01. The average Bonchev–Trinajstić information content (AvgIpc) is 2.27. The van der Waals surface area contributed by atoms with Crippen molar-refractivity contribution in [2.24, 2.45) is 5.73 Å². The second-order valence-electron chi connectivity index (χ2n) is 3.19. The highest BCUT2D eigenvalue weighted by molar-refractivity contribution is 5.15. The van der Waals surface area contributed by atoms with Gasteiger partial charge in [0, 0.05) is 12.6 Å². The predicted octanol–water partition coefficient (Wildman–Crippen LogP) is 1.50. The molecular weight excluding hydrogens is 237 g/mol. The molecule has 0 saturated heterocycles. The van der Waals surface area contributed by atoms with Crippen molar-refractivity contribution in [1.82, 2.24) is 4.98 Å². The third-order valence-electron chi connectivity index (χ3n) is 1.73. The normalized spacial score (nSPS) is 11.5. The van der Waals surface area contributed by atoms with Gasteiger partial charge in [-0.1, -0.05) is 6.07 Å². The molecule has 4 nitrogen and oxygen atoms in total. The number of hydrogen-bond donors (Lipinski definition) is 1. The van der Waals surface area contributed by atoms with Crippen molar-refractivity contribution < 1.29 is 22.6 Å². The number of hydrogen-bond acceptors (Lipinski definition) is 4. The SMILES string of the molecule is NCc1cccc(OCCOCC(F)(F)F)n1. The molecule has 7 heteroatoms. The van der Waals surface area contributed by atoms with Crippen molar-refractivity contribution in [3.05, 3.63) is 23.9 Å². The lowest BCUT2D eigenvalue weighted by molar-refractivity contribution is -0.175. The zero-order valence-corrected chi connectivity index (χ0v) is 9.04. The van der Waals surface area contributed by atoms with E-state index in [0.717, 1.165) is 0 Å². The van der Waals surface area contributed by atoms with Crippen LogP contribution < -0.4 is 10.5 Å². The second-order valence-corrected chi connectivity index (χ2v) is 3.19. The molecule has 0 bridgehead atoms. The van der Waals surface area contributed by atoms with Gasteiger partial charge in [0.05, 0.1) is 12.3 Å². The van der Waals surface area contributed by atoms with E-state index in [-0.39, 0.29) is 19.8 Å². The molecule has 2 N–H and O–H groups in total. The first-order chi connectivity index (χ1) is 8.01. The topological polar surface area (TPSA) is 57.4 Å². The van der Waals surface area contributed by atoms with Crippen molar-refractivity contribution in [2.45, 2.75) is 12.7 Å². The molecule has 1 rings (SSSR count). The summed E-state index contributed by atoms with van der Waals surface area (Å²) in [5.74, 6) is 0.323. The molecule has 0 spiro atoms. The lowest BCUT2D eigenvalue weighted by Crippen LogP contribution is -2.19. The molecule has 0 aliphatic carbocycles. The number of nitrogens with zero attached hydrogens (tertiary/aromatic N) is 1. The van der Waals surface area contributed by atoms with Crippen molar-refractivity contribution in [3.63, 3.8) is 0 Å². The Morgan fingerprint density at radius 1 is 1.24 bits per heavy atom. The molecule has 1 aromatic rings. The van der Waals surface area contributed by atoms with Gasteiger partial charge in [-0.15, -0.1) is 0 Å². The molecule has 1 aromatic heterocycles. The van der Waals surface area contributed by atoms with Gasteiger partial charge < -0.3 is 15.2 Å². The molecule has 0 unspecified atom stereocenters. The smallest absolute Gasteiger partial charge is 0.411 e. The number of halogens is 3. The monoisotopic (exact) mass is 250 g/mol. The number of pyridine rings is 1. The van der Waals surface area contributed by atoms with Crippen LogP contribution in [-0.4, -0.2) is 31.0 Å². The summed E-state index contributed by atoms with van der Waals surface area (Å²) < 4.78 is 44.6. The van der Waals surface area contributed by atoms with E-state index >= 15 is 0 Å². The van der Waals surface area contributed by atoms with E-state index in [2.05, 4.69) is 9.72 Å². The van der Waals surface area contributed by atoms with Crippen LogP contribution in [0.2, 0.25) is 0 Å². The molecule has 0 fully saturated rings. The molecule has 17 heavy (non-hydrogen) atoms. The zero-order chi connectivity index (χ0) is 12.7. The quantitative estimate of drug-likeness (QED) is 0.777. The van der Waals surface area contributed by atoms with E-state index in [4.69, 9.17) is 10.5 Å². The van der Waals surface area contributed by atoms with Crippen LogP contribution in [0, 0.1) is 0 Å². The van der Waals surface area contributed by atoms with Gasteiger partial charge in [0.25, 0.3) is 0 Å². The first kappa shape index (κ1) is 13.7. The van der Waals surface area contributed by atoms with Crippen LogP contribution in [0.1, 0.15) is 5.69 Å². The fourth-order valence-corrected chi connectivity index (χ4v) is 1.04. The van der Waals surface area contributed by atoms with Crippen LogP contribution >= 0.6 is 0 Å². The van der Waals surface area contributed by atoms with E-state index in [1.54, 1.807) is 18.2 Å². The van der Waals surface area contributed by atoms with Crippen molar-refractivity contribution in [2.75, 3.05) is 19.8 Å². The molecule has 0 aliphatic rings. The predicted molar refractivity (Wildman–Crippen MR) is 54.5 cm³/mol. The van der Waals surface area contributed by atoms with Crippen LogP contribution in [0.5, 0.6) is 5.88 Å². The molecule has 0 aromatic carbocycles. The summed E-state index contributed by atoms with van der Waals surface area (Å²) in [5.41, 5.74) is 6.03. The van der Waals surface area contributed by atoms with Gasteiger partial charge in [-0.05, 0) is 6.07 Å². The van der Waals surface area contributed by atoms with E-state index in [9.17, 15) is 13.2 Å². The maximum Gasteiger partial charge on any atom is 0.411 e. The minimum Gasteiger partial charge on any atom is -0.475 e. The summed E-state index contributed by atoms with van der Waals surface area (Å²) >= 11 is 0. The number of alkyl halides is 3. The van der Waals surface area contributed by atoms with Crippen LogP contribution in [0.25, 0.3) is 0 Å². The van der Waals surface area contributed by atoms with Crippen LogP contribution in [-0.2, 0) is 11.3 Å². The summed E-state index contributed by atoms with van der Waals surface area (Å²) in [6.45, 7) is -1.13. The first-order valence-corrected chi connectivity index (χ1v) is 4.94. The Morgan fingerprint density at radius 3 is 2.65 bits per heavy atom. The highest BCUT2D eigenvalue weighted by Crippen LogP contribution is 2.14. The fraction of sp³-hybridized carbons (Fsp3) is 0.500. The minimum atomic E-state index is -4.31. The summed E-state index contributed by atoms with van der Waals surface area (Å²) in [6.07, 6.45) is -4.31. The Bertz CT molecular complexity index is 345. The van der Waals surface area contributed by atoms with E-state index in [1.807, 2.05) is 0 Å². The Labute approximate surface area is 96.5 Å². The maximum atomic E-state index is 11.7. The van der Waals surface area contributed by atoms with Crippen LogP contribution in [0.3, 0.4) is 0 Å². The van der Waals surface area contributed by atoms with Gasteiger partial charge in [0.2, 0.25) is 5.88 Å². The van der Waals surface area contributed by atoms with Crippen LogP contribution in [0.15, 0.2) is 18.2 Å². The molecule has 0 aliphatic heterocycles. The molecule has 0 saturated carbocycles. The van der Waals surface area contributed by atoms with E-state index < -0.39 is 12.8 Å². The number of nitrogens with two attached hydrogens (primary N) is 1. The van der Waals surface area contributed by atoms with E-state index in [0.29, 0.717) is 11.6 Å². The third kappa shape index (κ3) is 6.08. The van der Waals surface area contributed by atoms with Crippen molar-refractivity contribution in [3.8, 4) is 5.88 Å². The molecule has 1 heterocycles. The maximum absolute atomic E-state index is 11.7. The fourth-order valence-electron chi connectivity index (χ4n) is 1.04. The Kier molecular flexibility index (Phi) is 5.17. The molecule has 0 radical (unpaired) electrons. The molecule has 96 valence electrons. The summed E-state index contributed by atoms with van der Waals surface area (Å²) in [7, 11) is 0. The highest BCUT2D eigenvalue weighted by atomic mass is 19.4. The standard InChI is InChI=1S/C10H13F3N2O2/c11-10(12,13)7-16-4-5-17-9-3-1-2-8(6-14)15-9/h1-3H,4-7,14H2. The Balaban J connectivity index is 2.22. The second kappa shape index (κ2) is 6.41. The lowest BCUT2D eigenvalue weighted by Gasteiger charge is -2.08. The highest BCUT2D eigenvalue weighted by Gasteiger charge is 2.27. The third-order valence-corrected chi connectivity index (χ3v) is 1.73. The summed E-state index contributed by atoms with van der Waals surface area (Å²) in [5, 5.41) is 0. The lowest BCUT2D eigenvalue weighted by atomic mass is 10.3. The van der Waals surface area contributed by atoms with Crippen LogP contribution in [0.4, 0.5) is 13.2 Å². The Morgan fingerprint density at radius 2 is 2.00 bits per heavy atom. The Hall–Kier alpha value is -1.34. The van der Waals surface area contributed by atoms with Crippen molar-refractivity contribution in [1.29, 1.82) is 0 Å². The largest absolute Gasteiger partial charge is 0.475 e. The van der Waals surface area contributed by atoms with Gasteiger partial charge in [-0.25, -0.2) is 4.98 Å². The average molecular weight is 250 g/mol. The van der Waals surface area contributed by atoms with Crippen molar-refractivity contribution >= 4 is 0 Å². The van der Waals surface area contributed by atoms with Gasteiger partial charge in [0.1, 0.15) is 13.2 Å². The van der Waals surface area contributed by atoms with Gasteiger partial charge in [-0.2, -0.15) is 13.2 Å². The molecular formula is C10H13F3N2O2. The molecule has 0 atom stereocenters. The number of ether oxygens (including phenoxy) is 2. The molecule has 0 amide bonds. The van der Waals surface area contributed by atoms with Gasteiger partial charge in [-0.3, -0.25) is 0 Å². The zero-order valence-electron chi connectivity index (χ0n) is 9.04. The van der Waals surface area contributed by atoms with E-state index in [1.165, 1.54) is 0 Å². The summed E-state index contributed by atoms with van der Waals surface area (Å²) in [6, 6.07) is 5.04. The number of rotatable bonds is 6. The first-order valence-electron chi connectivity index (χ1n) is 4.94. The van der Waals surface area contributed by atoms with Gasteiger partial charge in [0.15, 0.2) is 0 Å².